The Kier molecular flexibility index (Phi) is 7.37. The van der Waals surface area contributed by atoms with Crippen molar-refractivity contribution in [3.05, 3.63) is 75.2 Å². The van der Waals surface area contributed by atoms with Gasteiger partial charge in [-0.2, -0.15) is 4.98 Å². The highest BCUT2D eigenvalue weighted by atomic mass is 35.5. The number of piperazine rings is 1. The highest BCUT2D eigenvalue weighted by Gasteiger charge is 2.61. The van der Waals surface area contributed by atoms with Crippen molar-refractivity contribution < 1.29 is 23.8 Å². The molecule has 11 nitrogen and oxygen atoms in total. The van der Waals surface area contributed by atoms with Crippen LogP contribution in [0.1, 0.15) is 37.9 Å². The van der Waals surface area contributed by atoms with E-state index in [1.807, 2.05) is 32.6 Å². The predicted molar refractivity (Wildman–Crippen MR) is 162 cm³/mol. The van der Waals surface area contributed by atoms with Gasteiger partial charge < -0.3 is 19.6 Å². The zero-order valence-corrected chi connectivity index (χ0v) is 25.3. The van der Waals surface area contributed by atoms with Crippen LogP contribution in [0.5, 0.6) is 0 Å². The number of rotatable bonds is 6. The lowest BCUT2D eigenvalue weighted by Gasteiger charge is -2.41. The van der Waals surface area contributed by atoms with Crippen molar-refractivity contribution in [1.82, 2.24) is 24.4 Å². The molecule has 1 aromatic carbocycles. The first-order valence-corrected chi connectivity index (χ1v) is 14.6. The fourth-order valence-corrected chi connectivity index (χ4v) is 6.03. The number of carbonyl (C=O) groups is 2. The number of carboxylic acid groups (broad SMARTS) is 1. The maximum absolute atomic E-state index is 15.0. The van der Waals surface area contributed by atoms with E-state index in [2.05, 4.69) is 9.97 Å². The van der Waals surface area contributed by atoms with E-state index >= 15 is 0 Å². The summed E-state index contributed by atoms with van der Waals surface area (Å²) in [4.78, 5) is 55.9. The van der Waals surface area contributed by atoms with Crippen molar-refractivity contribution >= 4 is 40.3 Å². The second-order valence-corrected chi connectivity index (χ2v) is 11.9. The number of benzene rings is 1. The predicted octanol–water partition coefficient (Wildman–Crippen LogP) is 3.96. The summed E-state index contributed by atoms with van der Waals surface area (Å²) in [6.45, 7) is 8.11. The maximum Gasteiger partial charge on any atom is 0.355 e. The topological polar surface area (TPSA) is 134 Å². The highest BCUT2D eigenvalue weighted by molar-refractivity contribution is 6.33. The van der Waals surface area contributed by atoms with Crippen LogP contribution in [-0.4, -0.2) is 79.3 Å². The fourth-order valence-electron chi connectivity index (χ4n) is 5.78. The standard InChI is InChI=1S/C31H30ClFN6O5/c1-16(2)23-25(17(3)9-10-34-23)39-27-20(13-21(32)24(35-27)19-7-5-6-8-22(19)33)26(36-30(39)43)38-12-11-37(14-18(38)4)28(40)31(15-44-31)29(41)42/h5-10,13,16,18H,11-12,14-15H2,1-4H3,(H,41,42). The molecular weight excluding hydrogens is 591 g/mol. The summed E-state index contributed by atoms with van der Waals surface area (Å²) in [7, 11) is 0. The Balaban J connectivity index is 1.53. The zero-order valence-electron chi connectivity index (χ0n) is 24.5. The molecule has 2 aliphatic heterocycles. The molecule has 0 radical (unpaired) electrons. The molecule has 2 saturated heterocycles. The van der Waals surface area contributed by atoms with Gasteiger partial charge in [0.15, 0.2) is 5.65 Å². The number of ether oxygens (including phenoxy) is 1. The van der Waals surface area contributed by atoms with E-state index in [4.69, 9.17) is 21.3 Å². The lowest BCUT2D eigenvalue weighted by atomic mass is 10.0. The van der Waals surface area contributed by atoms with Crippen LogP contribution in [0.2, 0.25) is 5.02 Å². The summed E-state index contributed by atoms with van der Waals surface area (Å²) in [5.41, 5.74) is 0.120. The van der Waals surface area contributed by atoms with E-state index in [0.29, 0.717) is 22.6 Å². The van der Waals surface area contributed by atoms with Gasteiger partial charge in [0.05, 0.1) is 34.1 Å². The van der Waals surface area contributed by atoms with Gasteiger partial charge in [0.2, 0.25) is 0 Å². The molecule has 0 saturated carbocycles. The molecule has 1 N–H and O–H groups in total. The van der Waals surface area contributed by atoms with E-state index in [-0.39, 0.29) is 60.1 Å². The number of aliphatic carboxylic acids is 1. The average molecular weight is 621 g/mol. The molecule has 2 fully saturated rings. The van der Waals surface area contributed by atoms with Gasteiger partial charge in [0, 0.05) is 37.4 Å². The smallest absolute Gasteiger partial charge is 0.355 e. The molecule has 0 aliphatic carbocycles. The second kappa shape index (κ2) is 10.9. The third-order valence-electron chi connectivity index (χ3n) is 8.17. The highest BCUT2D eigenvalue weighted by Crippen LogP contribution is 2.37. The largest absolute Gasteiger partial charge is 0.479 e. The molecule has 5 heterocycles. The first-order valence-electron chi connectivity index (χ1n) is 14.2. The number of aromatic nitrogens is 4. The molecule has 13 heteroatoms. The van der Waals surface area contributed by atoms with Crippen molar-refractivity contribution in [3.8, 4) is 16.9 Å². The van der Waals surface area contributed by atoms with E-state index in [1.165, 1.54) is 15.5 Å². The van der Waals surface area contributed by atoms with E-state index in [0.717, 1.165) is 5.56 Å². The lowest BCUT2D eigenvalue weighted by Crippen LogP contribution is -2.58. The summed E-state index contributed by atoms with van der Waals surface area (Å²) in [5.74, 6) is -2.17. The normalized spacial score (nSPS) is 19.9. The van der Waals surface area contributed by atoms with Crippen LogP contribution >= 0.6 is 11.6 Å². The number of amides is 1. The third kappa shape index (κ3) is 4.78. The van der Waals surface area contributed by atoms with Gasteiger partial charge in [0.1, 0.15) is 11.6 Å². The van der Waals surface area contributed by atoms with E-state index in [9.17, 15) is 23.9 Å². The minimum atomic E-state index is -1.83. The van der Waals surface area contributed by atoms with Crippen LogP contribution in [0.3, 0.4) is 0 Å². The number of epoxide rings is 1. The van der Waals surface area contributed by atoms with Gasteiger partial charge in [-0.3, -0.25) is 9.78 Å². The number of anilines is 1. The van der Waals surface area contributed by atoms with Crippen LogP contribution in [0.4, 0.5) is 10.2 Å². The molecule has 6 rings (SSSR count). The molecule has 228 valence electrons. The van der Waals surface area contributed by atoms with Gasteiger partial charge in [-0.1, -0.05) is 37.6 Å². The molecule has 44 heavy (non-hydrogen) atoms. The number of aryl methyl sites for hydroxylation is 1. The quantitative estimate of drug-likeness (QED) is 0.251. The molecule has 4 aromatic rings. The molecule has 0 bridgehead atoms. The maximum atomic E-state index is 15.0. The Hall–Kier alpha value is -4.42. The number of halogens is 2. The monoisotopic (exact) mass is 620 g/mol. The minimum Gasteiger partial charge on any atom is -0.479 e. The summed E-state index contributed by atoms with van der Waals surface area (Å²) in [6, 6.07) is 9.20. The lowest BCUT2D eigenvalue weighted by molar-refractivity contribution is -0.153. The van der Waals surface area contributed by atoms with Gasteiger partial charge >= 0.3 is 11.7 Å². The van der Waals surface area contributed by atoms with Crippen molar-refractivity contribution in [1.29, 1.82) is 0 Å². The van der Waals surface area contributed by atoms with Gasteiger partial charge in [-0.05, 0) is 49.6 Å². The zero-order chi connectivity index (χ0) is 31.5. The summed E-state index contributed by atoms with van der Waals surface area (Å²) < 4.78 is 21.4. The summed E-state index contributed by atoms with van der Waals surface area (Å²) >= 11 is 6.76. The number of carboxylic acids is 1. The molecule has 3 aromatic heterocycles. The molecule has 2 unspecified atom stereocenters. The van der Waals surface area contributed by atoms with Gasteiger partial charge in [-0.25, -0.2) is 23.5 Å². The van der Waals surface area contributed by atoms with Crippen LogP contribution in [0.15, 0.2) is 47.4 Å². The van der Waals surface area contributed by atoms with Crippen LogP contribution in [0, 0.1) is 12.7 Å². The van der Waals surface area contributed by atoms with Crippen LogP contribution < -0.4 is 10.6 Å². The first kappa shape index (κ1) is 29.6. The summed E-state index contributed by atoms with van der Waals surface area (Å²) in [5, 5.41) is 10.1. The molecule has 0 spiro atoms. The van der Waals surface area contributed by atoms with Crippen molar-refractivity contribution in [2.24, 2.45) is 0 Å². The number of nitrogens with zero attached hydrogens (tertiary/aromatic N) is 6. The van der Waals surface area contributed by atoms with Gasteiger partial charge in [-0.15, -0.1) is 0 Å². The van der Waals surface area contributed by atoms with Gasteiger partial charge in [0.25, 0.3) is 11.5 Å². The third-order valence-corrected chi connectivity index (χ3v) is 8.45. The number of carbonyl (C=O) groups excluding carboxylic acids is 1. The number of pyridine rings is 2. The Morgan fingerprint density at radius 2 is 1.91 bits per heavy atom. The fraction of sp³-hybridized carbons (Fsp3) is 0.355. The first-order chi connectivity index (χ1) is 20.9. The van der Waals surface area contributed by atoms with E-state index in [1.54, 1.807) is 36.5 Å². The Labute approximate surface area is 256 Å². The summed E-state index contributed by atoms with van der Waals surface area (Å²) in [6.07, 6.45) is 1.68. The van der Waals surface area contributed by atoms with E-state index < -0.39 is 29.0 Å². The van der Waals surface area contributed by atoms with Crippen LogP contribution in [-0.2, 0) is 14.3 Å². The Bertz CT molecular complexity index is 1890. The molecular formula is C31H30ClFN6O5. The number of hydrogen-bond donors (Lipinski definition) is 1. The van der Waals surface area contributed by atoms with Crippen LogP contribution in [0.25, 0.3) is 28.0 Å². The van der Waals surface area contributed by atoms with Crippen molar-refractivity contribution in [2.75, 3.05) is 31.1 Å². The number of fused-ring (bicyclic) bond motifs is 1. The number of hydrogen-bond acceptors (Lipinski definition) is 8. The van der Waals surface area contributed by atoms with Crippen molar-refractivity contribution in [3.63, 3.8) is 0 Å². The van der Waals surface area contributed by atoms with Crippen molar-refractivity contribution in [2.45, 2.75) is 45.3 Å². The average Bonchev–Trinajstić information content (AvgIpc) is 3.80. The molecule has 2 aliphatic rings. The molecule has 2 atom stereocenters. The second-order valence-electron chi connectivity index (χ2n) is 11.5. The SMILES string of the molecule is Cc1ccnc(C(C)C)c1-n1c(=O)nc(N2CCN(C(=O)C3(C(=O)O)CO3)CC2C)c2cc(Cl)c(-c3ccccc3F)nc21. The molecule has 1 amide bonds. The minimum absolute atomic E-state index is 0.0416. The Morgan fingerprint density at radius 3 is 2.55 bits per heavy atom. The Morgan fingerprint density at radius 1 is 1.18 bits per heavy atom.